The van der Waals surface area contributed by atoms with Crippen molar-refractivity contribution in [1.29, 1.82) is 0 Å². The number of carbonyl (C=O) groups is 1. The van der Waals surface area contributed by atoms with Gasteiger partial charge in [-0.05, 0) is 18.2 Å². The fourth-order valence-electron chi connectivity index (χ4n) is 3.21. The van der Waals surface area contributed by atoms with Gasteiger partial charge in [-0.25, -0.2) is 0 Å². The summed E-state index contributed by atoms with van der Waals surface area (Å²) in [5, 5.41) is 4.22. The maximum atomic E-state index is 12.7. The van der Waals surface area contributed by atoms with E-state index in [0.717, 1.165) is 39.3 Å². The van der Waals surface area contributed by atoms with Crippen molar-refractivity contribution in [3.63, 3.8) is 0 Å². The van der Waals surface area contributed by atoms with E-state index in [0.29, 0.717) is 11.5 Å². The van der Waals surface area contributed by atoms with E-state index < -0.39 is 6.10 Å². The van der Waals surface area contributed by atoms with E-state index in [-0.39, 0.29) is 12.5 Å². The van der Waals surface area contributed by atoms with Crippen molar-refractivity contribution < 1.29 is 14.3 Å². The zero-order valence-electron chi connectivity index (χ0n) is 14.1. The number of rotatable bonds is 4. The number of nitrogens with zero attached hydrogens (tertiary/aromatic N) is 4. The lowest BCUT2D eigenvalue weighted by atomic mass is 10.2. The summed E-state index contributed by atoms with van der Waals surface area (Å²) in [5.74, 6) is 1.36. The monoisotopic (exact) mass is 342 g/mol. The molecule has 0 bridgehead atoms. The van der Waals surface area contributed by atoms with Gasteiger partial charge in [-0.15, -0.1) is 0 Å². The zero-order chi connectivity index (χ0) is 17.1. The molecule has 1 amide bonds. The Labute approximate surface area is 146 Å². The first-order valence-electron chi connectivity index (χ1n) is 8.67. The molecule has 0 radical (unpaired) electrons. The molecule has 0 spiro atoms. The smallest absolute Gasteiger partial charge is 0.267 e. The van der Waals surface area contributed by atoms with Gasteiger partial charge in [0.1, 0.15) is 6.61 Å². The number of hydrogen-bond acceptors (Lipinski definition) is 5. The van der Waals surface area contributed by atoms with Crippen LogP contribution in [0, 0.1) is 0 Å². The minimum absolute atomic E-state index is 0.0150. The molecule has 4 rings (SSSR count). The van der Waals surface area contributed by atoms with Crippen LogP contribution >= 0.6 is 0 Å². The predicted octanol–water partition coefficient (Wildman–Crippen LogP) is 0.867. The molecule has 132 valence electrons. The highest BCUT2D eigenvalue weighted by atomic mass is 16.6. The molecule has 1 aromatic carbocycles. The first kappa shape index (κ1) is 16.0. The van der Waals surface area contributed by atoms with E-state index in [1.54, 1.807) is 6.20 Å². The molecule has 25 heavy (non-hydrogen) atoms. The molecular weight excluding hydrogens is 320 g/mol. The van der Waals surface area contributed by atoms with Gasteiger partial charge in [-0.1, -0.05) is 12.1 Å². The molecule has 1 atom stereocenters. The fourth-order valence-corrected chi connectivity index (χ4v) is 3.21. The van der Waals surface area contributed by atoms with Gasteiger partial charge in [0.2, 0.25) is 6.10 Å². The van der Waals surface area contributed by atoms with E-state index in [1.807, 2.05) is 46.1 Å². The summed E-state index contributed by atoms with van der Waals surface area (Å²) < 4.78 is 13.4. The molecule has 0 N–H and O–H groups in total. The number of piperazine rings is 1. The molecule has 7 nitrogen and oxygen atoms in total. The number of ether oxygens (including phenoxy) is 2. The lowest BCUT2D eigenvalue weighted by Crippen LogP contribution is -2.54. The van der Waals surface area contributed by atoms with Gasteiger partial charge < -0.3 is 14.4 Å². The first-order chi connectivity index (χ1) is 12.3. The number of para-hydroxylation sites is 2. The van der Waals surface area contributed by atoms with Crippen LogP contribution in [0.4, 0.5) is 0 Å². The maximum Gasteiger partial charge on any atom is 0.267 e. The number of aromatic nitrogens is 2. The van der Waals surface area contributed by atoms with E-state index >= 15 is 0 Å². The Bertz CT molecular complexity index is 711. The Kier molecular flexibility index (Phi) is 4.56. The number of benzene rings is 1. The summed E-state index contributed by atoms with van der Waals surface area (Å²) in [6, 6.07) is 9.40. The van der Waals surface area contributed by atoms with Crippen molar-refractivity contribution >= 4 is 5.91 Å². The van der Waals surface area contributed by atoms with Crippen LogP contribution in [0.15, 0.2) is 42.7 Å². The standard InChI is InChI=1S/C18H22N4O3/c23-18(17-14-24-15-4-1-2-5-16(15)25-17)21-11-8-20(9-12-21)10-13-22-7-3-6-19-22/h1-7,17H,8-14H2. The Morgan fingerprint density at radius 1 is 1.08 bits per heavy atom. The average molecular weight is 342 g/mol. The topological polar surface area (TPSA) is 59.8 Å². The van der Waals surface area contributed by atoms with Crippen molar-refractivity contribution in [3.8, 4) is 11.5 Å². The molecule has 2 aromatic rings. The lowest BCUT2D eigenvalue weighted by molar-refractivity contribution is -0.143. The highest BCUT2D eigenvalue weighted by Crippen LogP contribution is 2.31. The lowest BCUT2D eigenvalue weighted by Gasteiger charge is -2.37. The maximum absolute atomic E-state index is 12.7. The predicted molar refractivity (Wildman–Crippen MR) is 91.6 cm³/mol. The van der Waals surface area contributed by atoms with Crippen LogP contribution in [0.5, 0.6) is 11.5 Å². The van der Waals surface area contributed by atoms with Gasteiger partial charge in [0.15, 0.2) is 11.5 Å². The van der Waals surface area contributed by atoms with Crippen LogP contribution in [-0.2, 0) is 11.3 Å². The van der Waals surface area contributed by atoms with Crippen LogP contribution in [0.2, 0.25) is 0 Å². The van der Waals surface area contributed by atoms with Crippen LogP contribution in [-0.4, -0.2) is 70.9 Å². The van der Waals surface area contributed by atoms with Gasteiger partial charge in [0.25, 0.3) is 5.91 Å². The minimum atomic E-state index is -0.550. The normalized spacial score (nSPS) is 20.5. The molecule has 1 unspecified atom stereocenters. The summed E-state index contributed by atoms with van der Waals surface area (Å²) in [4.78, 5) is 16.9. The minimum Gasteiger partial charge on any atom is -0.485 e. The molecule has 2 aliphatic heterocycles. The fraction of sp³-hybridized carbons (Fsp3) is 0.444. The van der Waals surface area contributed by atoms with Crippen LogP contribution in [0.3, 0.4) is 0 Å². The largest absolute Gasteiger partial charge is 0.485 e. The second-order valence-corrected chi connectivity index (χ2v) is 6.30. The molecular formula is C18H22N4O3. The average Bonchev–Trinajstić information content (AvgIpc) is 3.19. The number of amides is 1. The van der Waals surface area contributed by atoms with Crippen molar-refractivity contribution in [3.05, 3.63) is 42.7 Å². The first-order valence-corrected chi connectivity index (χ1v) is 8.67. The SMILES string of the molecule is O=C(C1COc2ccccc2O1)N1CCN(CCn2cccn2)CC1. The second-order valence-electron chi connectivity index (χ2n) is 6.30. The Morgan fingerprint density at radius 2 is 1.88 bits per heavy atom. The van der Waals surface area contributed by atoms with Gasteiger partial charge in [-0.2, -0.15) is 5.10 Å². The van der Waals surface area contributed by atoms with Crippen LogP contribution in [0.25, 0.3) is 0 Å². The second kappa shape index (κ2) is 7.14. The summed E-state index contributed by atoms with van der Waals surface area (Å²) in [7, 11) is 0. The Morgan fingerprint density at radius 3 is 2.64 bits per heavy atom. The summed E-state index contributed by atoms with van der Waals surface area (Å²) in [6.45, 7) is 5.28. The van der Waals surface area contributed by atoms with Crippen LogP contribution in [0.1, 0.15) is 0 Å². The van der Waals surface area contributed by atoms with Crippen molar-refractivity contribution in [2.24, 2.45) is 0 Å². The quantitative estimate of drug-likeness (QED) is 0.825. The molecule has 1 fully saturated rings. The highest BCUT2D eigenvalue weighted by Gasteiger charge is 2.32. The molecule has 0 saturated carbocycles. The van der Waals surface area contributed by atoms with Crippen molar-refractivity contribution in [2.75, 3.05) is 39.3 Å². The molecule has 1 aromatic heterocycles. The molecule has 0 aliphatic carbocycles. The third kappa shape index (κ3) is 3.61. The van der Waals surface area contributed by atoms with Gasteiger partial charge in [0, 0.05) is 45.1 Å². The Hall–Kier alpha value is -2.54. The van der Waals surface area contributed by atoms with E-state index in [4.69, 9.17) is 9.47 Å². The summed E-state index contributed by atoms with van der Waals surface area (Å²) in [6.07, 6.45) is 3.21. The van der Waals surface area contributed by atoms with E-state index in [9.17, 15) is 4.79 Å². The highest BCUT2D eigenvalue weighted by molar-refractivity contribution is 5.82. The van der Waals surface area contributed by atoms with Gasteiger partial charge in [-0.3, -0.25) is 14.4 Å². The van der Waals surface area contributed by atoms with Gasteiger partial charge in [0.05, 0.1) is 6.54 Å². The van der Waals surface area contributed by atoms with Gasteiger partial charge >= 0.3 is 0 Å². The summed E-state index contributed by atoms with van der Waals surface area (Å²) in [5.41, 5.74) is 0. The number of hydrogen-bond donors (Lipinski definition) is 0. The Balaban J connectivity index is 1.27. The van der Waals surface area contributed by atoms with Crippen molar-refractivity contribution in [1.82, 2.24) is 19.6 Å². The van der Waals surface area contributed by atoms with E-state index in [2.05, 4.69) is 10.00 Å². The zero-order valence-corrected chi connectivity index (χ0v) is 14.1. The molecule has 1 saturated heterocycles. The third-order valence-corrected chi connectivity index (χ3v) is 4.67. The van der Waals surface area contributed by atoms with Crippen molar-refractivity contribution in [2.45, 2.75) is 12.6 Å². The molecule has 3 heterocycles. The molecule has 7 heteroatoms. The third-order valence-electron chi connectivity index (χ3n) is 4.67. The van der Waals surface area contributed by atoms with E-state index in [1.165, 1.54) is 0 Å². The molecule has 2 aliphatic rings. The number of fused-ring (bicyclic) bond motifs is 1. The summed E-state index contributed by atoms with van der Waals surface area (Å²) >= 11 is 0. The van der Waals surface area contributed by atoms with Crippen LogP contribution < -0.4 is 9.47 Å². The number of carbonyl (C=O) groups excluding carboxylic acids is 1.